The third-order valence-electron chi connectivity index (χ3n) is 4.86. The number of ether oxygens (including phenoxy) is 2. The van der Waals surface area contributed by atoms with Crippen molar-refractivity contribution in [2.24, 2.45) is 17.2 Å². The molecule has 0 aliphatic heterocycles. The fourth-order valence-corrected chi connectivity index (χ4v) is 3.61. The van der Waals surface area contributed by atoms with Crippen molar-refractivity contribution >= 4 is 21.6 Å². The number of hydrogen-bond acceptors (Lipinski definition) is 6. The lowest BCUT2D eigenvalue weighted by atomic mass is 10.1. The summed E-state index contributed by atoms with van der Waals surface area (Å²) in [4.78, 5) is 4.43. The van der Waals surface area contributed by atoms with E-state index in [0.29, 0.717) is 28.1 Å². The molecule has 0 aliphatic carbocycles. The summed E-state index contributed by atoms with van der Waals surface area (Å²) in [5.41, 5.74) is 1.65. The molecule has 12 heteroatoms. The van der Waals surface area contributed by atoms with Crippen molar-refractivity contribution in [3.05, 3.63) is 95.6 Å². The third kappa shape index (κ3) is 8.24. The summed E-state index contributed by atoms with van der Waals surface area (Å²) in [5, 5.41) is 9.26. The van der Waals surface area contributed by atoms with Crippen molar-refractivity contribution in [1.82, 2.24) is 9.78 Å². The molecule has 0 spiro atoms. The second-order valence-corrected chi connectivity index (χ2v) is 9.20. The zero-order chi connectivity index (χ0) is 27.1. The van der Waals surface area contributed by atoms with E-state index in [2.05, 4.69) is 23.2 Å². The van der Waals surface area contributed by atoms with Gasteiger partial charge >= 0.3 is 6.18 Å². The van der Waals surface area contributed by atoms with Crippen LogP contribution in [0, 0.1) is 0 Å². The Kier molecular flexibility index (Phi) is 9.42. The number of nitrogens with zero attached hydrogens (tertiary/aromatic N) is 3. The van der Waals surface area contributed by atoms with E-state index < -0.39 is 21.8 Å². The van der Waals surface area contributed by atoms with E-state index >= 15 is 0 Å². The molecule has 0 unspecified atom stereocenters. The van der Waals surface area contributed by atoms with Crippen LogP contribution < -0.4 is 5.14 Å². The monoisotopic (exact) mass is 524 g/mol. The molecule has 1 aromatic carbocycles. The van der Waals surface area contributed by atoms with Crippen molar-refractivity contribution in [3.63, 3.8) is 0 Å². The molecule has 194 valence electrons. The Morgan fingerprint density at radius 2 is 1.89 bits per heavy atom. The Morgan fingerprint density at radius 3 is 2.42 bits per heavy atom. The van der Waals surface area contributed by atoms with Gasteiger partial charge in [0.2, 0.25) is 15.9 Å². The fraction of sp³-hybridized carbons (Fsp3) is 0.250. The van der Waals surface area contributed by atoms with E-state index in [1.807, 2.05) is 0 Å². The molecule has 0 fully saturated rings. The molecule has 36 heavy (non-hydrogen) atoms. The van der Waals surface area contributed by atoms with Gasteiger partial charge in [0.05, 0.1) is 47.3 Å². The molecule has 2 N–H and O–H groups in total. The van der Waals surface area contributed by atoms with E-state index in [4.69, 9.17) is 14.6 Å². The number of rotatable bonds is 10. The van der Waals surface area contributed by atoms with Gasteiger partial charge in [0, 0.05) is 7.05 Å². The van der Waals surface area contributed by atoms with Gasteiger partial charge in [0.1, 0.15) is 6.61 Å². The highest BCUT2D eigenvalue weighted by molar-refractivity contribution is 7.88. The van der Waals surface area contributed by atoms with Gasteiger partial charge in [-0.25, -0.2) is 18.5 Å². The van der Waals surface area contributed by atoms with E-state index in [1.54, 1.807) is 31.3 Å². The number of nitrogens with two attached hydrogens (primary N) is 1. The average Bonchev–Trinajstić information content (AvgIpc) is 3.14. The van der Waals surface area contributed by atoms with Gasteiger partial charge in [-0.1, -0.05) is 43.5 Å². The number of alkyl halides is 3. The van der Waals surface area contributed by atoms with E-state index in [9.17, 15) is 21.6 Å². The number of benzene rings is 1. The minimum atomic E-state index is -4.51. The quantitative estimate of drug-likeness (QED) is 0.215. The zero-order valence-corrected chi connectivity index (χ0v) is 20.9. The number of allylic oxidation sites excluding steroid dienone is 5. The molecule has 1 heterocycles. The molecule has 0 bridgehead atoms. The number of primary sulfonamides is 1. The molecule has 0 saturated carbocycles. The normalized spacial score (nSPS) is 13.5. The number of halogens is 3. The molecule has 2 aromatic rings. The molecule has 2 rings (SSSR count). The fourth-order valence-electron chi connectivity index (χ4n) is 2.96. The predicted molar refractivity (Wildman–Crippen MR) is 132 cm³/mol. The van der Waals surface area contributed by atoms with Crippen LogP contribution in [0.15, 0.2) is 78.2 Å². The second kappa shape index (κ2) is 11.9. The van der Waals surface area contributed by atoms with Gasteiger partial charge in [-0.3, -0.25) is 4.68 Å². The number of methoxy groups -OCH3 is 1. The van der Waals surface area contributed by atoms with Crippen molar-refractivity contribution in [3.8, 4) is 0 Å². The summed E-state index contributed by atoms with van der Waals surface area (Å²) in [6, 6.07) is 6.53. The first kappa shape index (κ1) is 28.6. The molecule has 0 amide bonds. The maximum Gasteiger partial charge on any atom is 0.416 e. The highest BCUT2D eigenvalue weighted by Gasteiger charge is 2.30. The largest absolute Gasteiger partial charge is 0.492 e. The first-order valence-electron chi connectivity index (χ1n) is 10.4. The summed E-state index contributed by atoms with van der Waals surface area (Å²) in [6.07, 6.45) is -0.185. The molecule has 0 saturated heterocycles. The van der Waals surface area contributed by atoms with Crippen molar-refractivity contribution in [2.45, 2.75) is 25.5 Å². The molecule has 1 aromatic heterocycles. The van der Waals surface area contributed by atoms with Gasteiger partial charge in [-0.05, 0) is 30.2 Å². The Balaban J connectivity index is 2.23. The number of aryl methyl sites for hydroxylation is 1. The van der Waals surface area contributed by atoms with Crippen molar-refractivity contribution < 1.29 is 31.1 Å². The SMILES string of the molecule is C=C/C(=C\C=C(/C)OCc1c(C(=NC(=C)c2ccc(CS(N)(=O)=O)cc2)OC)cnn1C)C(F)(F)F. The average molecular weight is 525 g/mol. The molecular formula is C24H27F3N4O4S. The lowest BCUT2D eigenvalue weighted by Crippen LogP contribution is -2.14. The summed E-state index contributed by atoms with van der Waals surface area (Å²) in [6.45, 7) is 8.62. The maximum absolute atomic E-state index is 12.8. The number of aliphatic imine (C=N–C) groups is 1. The molecular weight excluding hydrogens is 497 g/mol. The number of sulfonamides is 1. The minimum absolute atomic E-state index is 0.0193. The van der Waals surface area contributed by atoms with Gasteiger partial charge in [0.25, 0.3) is 0 Å². The standard InChI is InChI=1S/C24H27F3N4O4S/c1-6-20(24(25,26)27)12-7-16(2)35-14-22-21(13-29-31(22)4)23(34-5)30-17(3)19-10-8-18(9-11-19)15-36(28,32)33/h6-13H,1,3,14-15H2,2,4-5H3,(H2,28,32,33)/b16-7+,20-12+,30-23?. The van der Waals surface area contributed by atoms with Gasteiger partial charge < -0.3 is 9.47 Å². The van der Waals surface area contributed by atoms with Crippen LogP contribution in [-0.4, -0.2) is 37.4 Å². The first-order chi connectivity index (χ1) is 16.7. The van der Waals surface area contributed by atoms with E-state index in [0.717, 1.165) is 12.2 Å². The smallest absolute Gasteiger partial charge is 0.416 e. The molecule has 0 aliphatic rings. The van der Waals surface area contributed by atoms with Crippen molar-refractivity contribution in [2.75, 3.05) is 7.11 Å². The lowest BCUT2D eigenvalue weighted by molar-refractivity contribution is -0.0881. The van der Waals surface area contributed by atoms with Crippen LogP contribution in [0.25, 0.3) is 5.70 Å². The van der Waals surface area contributed by atoms with E-state index in [-0.39, 0.29) is 24.0 Å². The highest BCUT2D eigenvalue weighted by atomic mass is 32.2. The third-order valence-corrected chi connectivity index (χ3v) is 5.59. The molecule has 0 radical (unpaired) electrons. The van der Waals surface area contributed by atoms with E-state index in [1.165, 1.54) is 31.0 Å². The first-order valence-corrected chi connectivity index (χ1v) is 12.1. The van der Waals surface area contributed by atoms with Gasteiger partial charge in [0.15, 0.2) is 0 Å². The Morgan fingerprint density at radius 1 is 1.25 bits per heavy atom. The lowest BCUT2D eigenvalue weighted by Gasteiger charge is -2.11. The summed E-state index contributed by atoms with van der Waals surface area (Å²) < 4.78 is 73.6. The Labute approximate surface area is 208 Å². The van der Waals surface area contributed by atoms with Crippen LogP contribution in [0.3, 0.4) is 0 Å². The molecule has 0 atom stereocenters. The van der Waals surface area contributed by atoms with Gasteiger partial charge in [-0.2, -0.15) is 18.3 Å². The topological polar surface area (TPSA) is 109 Å². The number of aromatic nitrogens is 2. The van der Waals surface area contributed by atoms with Crippen LogP contribution >= 0.6 is 0 Å². The van der Waals surface area contributed by atoms with Crippen LogP contribution in [0.5, 0.6) is 0 Å². The highest BCUT2D eigenvalue weighted by Crippen LogP contribution is 2.26. The van der Waals surface area contributed by atoms with Crippen LogP contribution in [0.4, 0.5) is 13.2 Å². The Bertz CT molecular complexity index is 1310. The summed E-state index contributed by atoms with van der Waals surface area (Å²) in [7, 11) is -0.559. The minimum Gasteiger partial charge on any atom is -0.492 e. The zero-order valence-electron chi connectivity index (χ0n) is 20.0. The molecule has 8 nitrogen and oxygen atoms in total. The van der Waals surface area contributed by atoms with Crippen molar-refractivity contribution in [1.29, 1.82) is 0 Å². The Hall–Kier alpha value is -3.64. The summed E-state index contributed by atoms with van der Waals surface area (Å²) in [5.74, 6) is 0.138. The van der Waals surface area contributed by atoms with Crippen LogP contribution in [0.2, 0.25) is 0 Å². The predicted octanol–water partition coefficient (Wildman–Crippen LogP) is 4.37. The van der Waals surface area contributed by atoms with Gasteiger partial charge in [-0.15, -0.1) is 0 Å². The second-order valence-electron chi connectivity index (χ2n) is 7.59. The van der Waals surface area contributed by atoms with Crippen LogP contribution in [0.1, 0.15) is 29.3 Å². The maximum atomic E-state index is 12.8. The summed E-state index contributed by atoms with van der Waals surface area (Å²) >= 11 is 0. The van der Waals surface area contributed by atoms with Crippen LogP contribution in [-0.2, 0) is 38.9 Å². The number of hydrogen-bond donors (Lipinski definition) is 1.